The molecule has 8 heteroatoms. The topological polar surface area (TPSA) is 118 Å². The van der Waals surface area contributed by atoms with Crippen molar-refractivity contribution in [2.75, 3.05) is 0 Å². The van der Waals surface area contributed by atoms with Gasteiger partial charge in [0.2, 0.25) is 10.0 Å². The molecule has 0 bridgehead atoms. The summed E-state index contributed by atoms with van der Waals surface area (Å²) in [6.07, 6.45) is 0. The van der Waals surface area contributed by atoms with Crippen molar-refractivity contribution in [2.45, 2.75) is 17.5 Å². The number of hydrogen-bond donors (Lipinski definition) is 3. The van der Waals surface area contributed by atoms with Gasteiger partial charge in [-0.25, -0.2) is 13.6 Å². The average molecular weight is 423 g/mol. The van der Waals surface area contributed by atoms with Crippen molar-refractivity contribution in [3.8, 4) is 0 Å². The van der Waals surface area contributed by atoms with Gasteiger partial charge in [-0.15, -0.1) is 0 Å². The molecule has 0 unspecified atom stereocenters. The van der Waals surface area contributed by atoms with E-state index in [-0.39, 0.29) is 11.4 Å². The number of carbonyl (C=O) groups excluding carboxylic acids is 2. The van der Waals surface area contributed by atoms with E-state index in [2.05, 4.69) is 10.6 Å². The number of rotatable bonds is 6. The van der Waals surface area contributed by atoms with Crippen LogP contribution >= 0.6 is 0 Å². The second-order valence-electron chi connectivity index (χ2n) is 6.60. The number of primary sulfonamides is 1. The second-order valence-corrected chi connectivity index (χ2v) is 8.16. The highest BCUT2D eigenvalue weighted by Gasteiger charge is 2.21. The molecule has 3 aromatic carbocycles. The fourth-order valence-corrected chi connectivity index (χ4v) is 3.42. The maximum Gasteiger partial charge on any atom is 0.310 e. The van der Waals surface area contributed by atoms with Crippen LogP contribution in [-0.2, 0) is 26.2 Å². The van der Waals surface area contributed by atoms with E-state index in [0.717, 1.165) is 11.1 Å². The Kier molecular flexibility index (Phi) is 6.61. The Morgan fingerprint density at radius 1 is 0.767 bits per heavy atom. The number of hydrogen-bond acceptors (Lipinski definition) is 4. The molecule has 0 aliphatic rings. The Morgan fingerprint density at radius 3 is 1.73 bits per heavy atom. The molecular weight excluding hydrogens is 402 g/mol. The van der Waals surface area contributed by atoms with E-state index >= 15 is 0 Å². The molecule has 0 aromatic heterocycles. The molecule has 0 heterocycles. The van der Waals surface area contributed by atoms with Crippen LogP contribution in [0.4, 0.5) is 0 Å². The van der Waals surface area contributed by atoms with Gasteiger partial charge in [-0.05, 0) is 28.8 Å². The molecule has 0 spiro atoms. The molecule has 0 saturated heterocycles. The molecule has 0 aliphatic heterocycles. The Hall–Kier alpha value is -3.49. The third-order valence-electron chi connectivity index (χ3n) is 4.45. The summed E-state index contributed by atoms with van der Waals surface area (Å²) < 4.78 is 22.6. The summed E-state index contributed by atoms with van der Waals surface area (Å²) in [5.74, 6) is -1.56. The summed E-state index contributed by atoms with van der Waals surface area (Å²) >= 11 is 0. The van der Waals surface area contributed by atoms with Crippen LogP contribution in [0, 0.1) is 0 Å². The normalized spacial score (nSPS) is 11.1. The molecule has 3 aromatic rings. The highest BCUT2D eigenvalue weighted by atomic mass is 32.2. The van der Waals surface area contributed by atoms with Crippen LogP contribution in [-0.4, -0.2) is 20.2 Å². The largest absolute Gasteiger partial charge is 0.344 e. The second kappa shape index (κ2) is 9.34. The lowest BCUT2D eigenvalue weighted by atomic mass is 9.99. The summed E-state index contributed by atoms with van der Waals surface area (Å²) in [6.45, 7) is 0.0679. The molecule has 154 valence electrons. The van der Waals surface area contributed by atoms with Crippen molar-refractivity contribution >= 4 is 21.8 Å². The predicted molar refractivity (Wildman–Crippen MR) is 113 cm³/mol. The Labute approximate surface area is 175 Å². The first-order valence-electron chi connectivity index (χ1n) is 9.15. The third kappa shape index (κ3) is 5.53. The van der Waals surface area contributed by atoms with Crippen LogP contribution in [0.25, 0.3) is 0 Å². The minimum absolute atomic E-state index is 0.0242. The molecular formula is C22H21N3O4S. The van der Waals surface area contributed by atoms with Gasteiger partial charge in [0, 0.05) is 6.54 Å². The Bertz CT molecular complexity index is 1080. The zero-order valence-electron chi connectivity index (χ0n) is 16.0. The summed E-state index contributed by atoms with van der Waals surface area (Å²) in [7, 11) is -3.78. The number of sulfonamides is 1. The van der Waals surface area contributed by atoms with E-state index in [4.69, 9.17) is 5.14 Å². The van der Waals surface area contributed by atoms with E-state index in [1.54, 1.807) is 0 Å². The summed E-state index contributed by atoms with van der Waals surface area (Å²) in [5, 5.41) is 10.4. The SMILES string of the molecule is NS(=O)(=O)c1ccc(CNC(=O)C(=O)NC(c2ccccc2)c2ccccc2)cc1. The fourth-order valence-electron chi connectivity index (χ4n) is 2.91. The van der Waals surface area contributed by atoms with Crippen molar-refractivity contribution in [3.05, 3.63) is 102 Å². The minimum atomic E-state index is -3.78. The lowest BCUT2D eigenvalue weighted by molar-refractivity contribution is -0.139. The van der Waals surface area contributed by atoms with Crippen molar-refractivity contribution in [2.24, 2.45) is 5.14 Å². The number of nitrogens with two attached hydrogens (primary N) is 1. The predicted octanol–water partition coefficient (Wildman–Crippen LogP) is 1.86. The first-order valence-corrected chi connectivity index (χ1v) is 10.7. The standard InChI is InChI=1S/C22H21N3O4S/c23-30(28,29)19-13-11-16(12-14-19)15-24-21(26)22(27)25-20(17-7-3-1-4-8-17)18-9-5-2-6-10-18/h1-14,20H,15H2,(H,24,26)(H,25,27)(H2,23,28,29). The molecule has 3 rings (SSSR count). The van der Waals surface area contributed by atoms with Gasteiger partial charge in [0.1, 0.15) is 0 Å². The zero-order chi connectivity index (χ0) is 21.6. The van der Waals surface area contributed by atoms with Crippen LogP contribution in [0.1, 0.15) is 22.7 Å². The lowest BCUT2D eigenvalue weighted by Crippen LogP contribution is -2.41. The summed E-state index contributed by atoms with van der Waals surface area (Å²) in [6, 6.07) is 24.0. The molecule has 0 aliphatic carbocycles. The lowest BCUT2D eigenvalue weighted by Gasteiger charge is -2.19. The van der Waals surface area contributed by atoms with Crippen molar-refractivity contribution in [1.82, 2.24) is 10.6 Å². The van der Waals surface area contributed by atoms with Crippen molar-refractivity contribution < 1.29 is 18.0 Å². The molecule has 4 N–H and O–H groups in total. The van der Waals surface area contributed by atoms with Gasteiger partial charge in [0.15, 0.2) is 0 Å². The quantitative estimate of drug-likeness (QED) is 0.524. The maximum absolute atomic E-state index is 12.5. The van der Waals surface area contributed by atoms with Crippen molar-refractivity contribution in [1.29, 1.82) is 0 Å². The van der Waals surface area contributed by atoms with Gasteiger partial charge >= 0.3 is 11.8 Å². The van der Waals surface area contributed by atoms with E-state index < -0.39 is 27.9 Å². The highest BCUT2D eigenvalue weighted by molar-refractivity contribution is 7.89. The fraction of sp³-hybridized carbons (Fsp3) is 0.0909. The van der Waals surface area contributed by atoms with Crippen LogP contribution < -0.4 is 15.8 Å². The zero-order valence-corrected chi connectivity index (χ0v) is 16.8. The van der Waals surface area contributed by atoms with E-state index in [9.17, 15) is 18.0 Å². The van der Waals surface area contributed by atoms with Crippen LogP contribution in [0.2, 0.25) is 0 Å². The van der Waals surface area contributed by atoms with Gasteiger partial charge < -0.3 is 10.6 Å². The van der Waals surface area contributed by atoms with E-state index in [1.165, 1.54) is 24.3 Å². The minimum Gasteiger partial charge on any atom is -0.344 e. The van der Waals surface area contributed by atoms with Gasteiger partial charge in [-0.3, -0.25) is 9.59 Å². The molecule has 7 nitrogen and oxygen atoms in total. The number of benzene rings is 3. The molecule has 0 saturated carbocycles. The molecule has 0 atom stereocenters. The molecule has 30 heavy (non-hydrogen) atoms. The summed E-state index contributed by atoms with van der Waals surface area (Å²) in [4.78, 5) is 24.8. The smallest absolute Gasteiger partial charge is 0.310 e. The number of carbonyl (C=O) groups is 2. The van der Waals surface area contributed by atoms with Gasteiger partial charge in [-0.2, -0.15) is 0 Å². The Morgan fingerprint density at radius 2 is 1.27 bits per heavy atom. The van der Waals surface area contributed by atoms with E-state index in [1.807, 2.05) is 60.7 Å². The molecule has 2 amide bonds. The van der Waals surface area contributed by atoms with Gasteiger partial charge in [0.25, 0.3) is 0 Å². The first-order chi connectivity index (χ1) is 14.3. The van der Waals surface area contributed by atoms with Gasteiger partial charge in [0.05, 0.1) is 10.9 Å². The third-order valence-corrected chi connectivity index (χ3v) is 5.38. The first kappa shape index (κ1) is 21.2. The summed E-state index contributed by atoms with van der Waals surface area (Å²) in [5.41, 5.74) is 2.33. The maximum atomic E-state index is 12.5. The number of nitrogens with one attached hydrogen (secondary N) is 2. The van der Waals surface area contributed by atoms with Gasteiger partial charge in [-0.1, -0.05) is 72.8 Å². The molecule has 0 radical (unpaired) electrons. The molecule has 0 fully saturated rings. The average Bonchev–Trinajstić information content (AvgIpc) is 2.76. The van der Waals surface area contributed by atoms with Crippen LogP contribution in [0.5, 0.6) is 0 Å². The number of amides is 2. The highest BCUT2D eigenvalue weighted by Crippen LogP contribution is 2.21. The van der Waals surface area contributed by atoms with Crippen LogP contribution in [0.15, 0.2) is 89.8 Å². The van der Waals surface area contributed by atoms with Crippen LogP contribution in [0.3, 0.4) is 0 Å². The monoisotopic (exact) mass is 423 g/mol. The Balaban J connectivity index is 1.66. The van der Waals surface area contributed by atoms with E-state index in [0.29, 0.717) is 5.56 Å². The van der Waals surface area contributed by atoms with Crippen molar-refractivity contribution in [3.63, 3.8) is 0 Å².